The van der Waals surface area contributed by atoms with Crippen LogP contribution in [-0.2, 0) is 11.8 Å². The summed E-state index contributed by atoms with van der Waals surface area (Å²) in [6.07, 6.45) is 4.73. The Kier molecular flexibility index (Phi) is 2.55. The molecule has 1 aromatic rings. The number of nitrogens with zero attached hydrogens (tertiary/aromatic N) is 1. The quantitative estimate of drug-likeness (QED) is 0.792. The molecule has 1 aliphatic rings. The molecule has 1 heterocycles. The van der Waals surface area contributed by atoms with Gasteiger partial charge in [0.15, 0.2) is 0 Å². The van der Waals surface area contributed by atoms with E-state index in [1.54, 1.807) is 0 Å². The summed E-state index contributed by atoms with van der Waals surface area (Å²) in [5.41, 5.74) is 8.46. The van der Waals surface area contributed by atoms with Gasteiger partial charge < -0.3 is 5.73 Å². The molecule has 0 bridgehead atoms. The van der Waals surface area contributed by atoms with Gasteiger partial charge in [-0.3, -0.25) is 4.98 Å². The molecule has 76 valence electrons. The Morgan fingerprint density at radius 2 is 2.21 bits per heavy atom. The van der Waals surface area contributed by atoms with Crippen LogP contribution in [0.25, 0.3) is 0 Å². The van der Waals surface area contributed by atoms with E-state index in [-0.39, 0.29) is 5.41 Å². The second-order valence-corrected chi connectivity index (χ2v) is 4.21. The van der Waals surface area contributed by atoms with Crippen molar-refractivity contribution in [3.8, 4) is 0 Å². The van der Waals surface area contributed by atoms with Crippen LogP contribution < -0.4 is 5.73 Å². The normalized spacial score (nSPS) is 19.0. The fourth-order valence-corrected chi connectivity index (χ4v) is 2.14. The van der Waals surface area contributed by atoms with E-state index in [0.29, 0.717) is 0 Å². The van der Waals surface area contributed by atoms with Crippen molar-refractivity contribution in [1.82, 2.24) is 4.98 Å². The summed E-state index contributed by atoms with van der Waals surface area (Å²) in [5.74, 6) is 0. The van der Waals surface area contributed by atoms with Gasteiger partial charge in [0, 0.05) is 23.3 Å². The Morgan fingerprint density at radius 1 is 1.43 bits per heavy atom. The molecule has 1 fully saturated rings. The summed E-state index contributed by atoms with van der Waals surface area (Å²) in [6, 6.07) is 6.33. The number of aryl methyl sites for hydroxylation is 1. The first-order valence-electron chi connectivity index (χ1n) is 5.47. The lowest BCUT2D eigenvalue weighted by molar-refractivity contribution is 0.245. The van der Waals surface area contributed by atoms with Crippen LogP contribution in [0, 0.1) is 0 Å². The molecule has 2 nitrogen and oxygen atoms in total. The van der Waals surface area contributed by atoms with E-state index in [4.69, 9.17) is 5.73 Å². The third kappa shape index (κ3) is 1.44. The molecule has 0 aliphatic heterocycles. The fraction of sp³-hybridized carbons (Fsp3) is 0.583. The van der Waals surface area contributed by atoms with Crippen molar-refractivity contribution in [2.45, 2.75) is 38.0 Å². The van der Waals surface area contributed by atoms with Crippen molar-refractivity contribution in [2.75, 3.05) is 6.54 Å². The molecule has 2 heteroatoms. The van der Waals surface area contributed by atoms with Crippen molar-refractivity contribution in [1.29, 1.82) is 0 Å². The summed E-state index contributed by atoms with van der Waals surface area (Å²) in [5, 5.41) is 0. The SMILES string of the molecule is CCc1cccc(C2(CN)CCC2)n1. The van der Waals surface area contributed by atoms with Gasteiger partial charge in [-0.1, -0.05) is 19.4 Å². The van der Waals surface area contributed by atoms with E-state index in [2.05, 4.69) is 30.1 Å². The standard InChI is InChI=1S/C12H18N2/c1-2-10-5-3-6-11(14-10)12(9-13)7-4-8-12/h3,5-6H,2,4,7-9,13H2,1H3. The van der Waals surface area contributed by atoms with Crippen LogP contribution >= 0.6 is 0 Å². The Hall–Kier alpha value is -0.890. The van der Waals surface area contributed by atoms with Crippen molar-refractivity contribution in [3.63, 3.8) is 0 Å². The van der Waals surface area contributed by atoms with Crippen molar-refractivity contribution >= 4 is 0 Å². The number of nitrogens with two attached hydrogens (primary N) is 1. The first-order chi connectivity index (χ1) is 6.80. The zero-order valence-corrected chi connectivity index (χ0v) is 8.79. The van der Waals surface area contributed by atoms with Crippen LogP contribution in [0.4, 0.5) is 0 Å². The molecule has 0 atom stereocenters. The minimum Gasteiger partial charge on any atom is -0.330 e. The Morgan fingerprint density at radius 3 is 2.71 bits per heavy atom. The first kappa shape index (κ1) is 9.66. The Labute approximate surface area is 85.5 Å². The fourth-order valence-electron chi connectivity index (χ4n) is 2.14. The summed E-state index contributed by atoms with van der Waals surface area (Å²) in [4.78, 5) is 4.68. The maximum Gasteiger partial charge on any atom is 0.0481 e. The minimum absolute atomic E-state index is 0.213. The summed E-state index contributed by atoms with van der Waals surface area (Å²) in [6.45, 7) is 2.88. The van der Waals surface area contributed by atoms with Gasteiger partial charge in [0.2, 0.25) is 0 Å². The smallest absolute Gasteiger partial charge is 0.0481 e. The molecule has 0 aromatic carbocycles. The second kappa shape index (κ2) is 3.70. The van der Waals surface area contributed by atoms with Gasteiger partial charge in [-0.25, -0.2) is 0 Å². The van der Waals surface area contributed by atoms with Gasteiger partial charge in [-0.05, 0) is 31.4 Å². The summed E-state index contributed by atoms with van der Waals surface area (Å²) < 4.78 is 0. The van der Waals surface area contributed by atoms with Gasteiger partial charge in [0.1, 0.15) is 0 Å². The molecule has 0 saturated heterocycles. The number of pyridine rings is 1. The Balaban J connectivity index is 2.30. The first-order valence-corrected chi connectivity index (χ1v) is 5.47. The van der Waals surface area contributed by atoms with Gasteiger partial charge in [-0.2, -0.15) is 0 Å². The highest BCUT2D eigenvalue weighted by Crippen LogP contribution is 2.41. The monoisotopic (exact) mass is 190 g/mol. The van der Waals surface area contributed by atoms with Crippen LogP contribution in [-0.4, -0.2) is 11.5 Å². The topological polar surface area (TPSA) is 38.9 Å². The third-order valence-electron chi connectivity index (χ3n) is 3.41. The largest absolute Gasteiger partial charge is 0.330 e. The molecule has 0 amide bonds. The maximum atomic E-state index is 5.85. The molecule has 2 rings (SSSR count). The van der Waals surface area contributed by atoms with Gasteiger partial charge in [0.25, 0.3) is 0 Å². The van der Waals surface area contributed by atoms with E-state index in [1.165, 1.54) is 30.7 Å². The van der Waals surface area contributed by atoms with Crippen molar-refractivity contribution in [3.05, 3.63) is 29.6 Å². The molecule has 0 spiro atoms. The lowest BCUT2D eigenvalue weighted by Gasteiger charge is -2.40. The lowest BCUT2D eigenvalue weighted by Crippen LogP contribution is -2.42. The highest BCUT2D eigenvalue weighted by molar-refractivity contribution is 5.23. The molecule has 0 radical (unpaired) electrons. The predicted molar refractivity (Wildman–Crippen MR) is 58.2 cm³/mol. The van der Waals surface area contributed by atoms with Crippen molar-refractivity contribution < 1.29 is 0 Å². The molecule has 0 unspecified atom stereocenters. The zero-order chi connectivity index (χ0) is 10.0. The maximum absolute atomic E-state index is 5.85. The number of hydrogen-bond donors (Lipinski definition) is 1. The average Bonchev–Trinajstić information content (AvgIpc) is 2.18. The van der Waals surface area contributed by atoms with Gasteiger partial charge in [0.05, 0.1) is 0 Å². The predicted octanol–water partition coefficient (Wildman–Crippen LogP) is 2.02. The molecule has 1 aromatic heterocycles. The van der Waals surface area contributed by atoms with Crippen LogP contribution in [0.2, 0.25) is 0 Å². The molecule has 2 N–H and O–H groups in total. The summed E-state index contributed by atoms with van der Waals surface area (Å²) in [7, 11) is 0. The van der Waals surface area contributed by atoms with Gasteiger partial charge in [-0.15, -0.1) is 0 Å². The molecular formula is C12H18N2. The Bertz CT molecular complexity index is 310. The van der Waals surface area contributed by atoms with Crippen molar-refractivity contribution in [2.24, 2.45) is 5.73 Å². The minimum atomic E-state index is 0.213. The van der Waals surface area contributed by atoms with E-state index >= 15 is 0 Å². The molecule has 14 heavy (non-hydrogen) atoms. The summed E-state index contributed by atoms with van der Waals surface area (Å²) >= 11 is 0. The van der Waals surface area contributed by atoms with Crippen LogP contribution in [0.1, 0.15) is 37.6 Å². The molecular weight excluding hydrogens is 172 g/mol. The second-order valence-electron chi connectivity index (χ2n) is 4.21. The van der Waals surface area contributed by atoms with Gasteiger partial charge >= 0.3 is 0 Å². The molecule has 1 saturated carbocycles. The van der Waals surface area contributed by atoms with E-state index in [0.717, 1.165) is 13.0 Å². The number of hydrogen-bond acceptors (Lipinski definition) is 2. The number of aromatic nitrogens is 1. The van der Waals surface area contributed by atoms with Crippen LogP contribution in [0.5, 0.6) is 0 Å². The highest BCUT2D eigenvalue weighted by Gasteiger charge is 2.38. The van der Waals surface area contributed by atoms with E-state index < -0.39 is 0 Å². The number of rotatable bonds is 3. The highest BCUT2D eigenvalue weighted by atomic mass is 14.8. The third-order valence-corrected chi connectivity index (χ3v) is 3.41. The molecule has 1 aliphatic carbocycles. The average molecular weight is 190 g/mol. The lowest BCUT2D eigenvalue weighted by atomic mass is 9.66. The van der Waals surface area contributed by atoms with E-state index in [9.17, 15) is 0 Å². The van der Waals surface area contributed by atoms with E-state index in [1.807, 2.05) is 0 Å². The zero-order valence-electron chi connectivity index (χ0n) is 8.79. The van der Waals surface area contributed by atoms with Crippen LogP contribution in [0.15, 0.2) is 18.2 Å². The van der Waals surface area contributed by atoms with Crippen LogP contribution in [0.3, 0.4) is 0 Å².